The van der Waals surface area contributed by atoms with Gasteiger partial charge in [-0.05, 0) is 24.1 Å². The van der Waals surface area contributed by atoms with Crippen LogP contribution in [0, 0.1) is 0 Å². The molecule has 1 amide bonds. The summed E-state index contributed by atoms with van der Waals surface area (Å²) >= 11 is 0. The normalized spacial score (nSPS) is 12.4. The van der Waals surface area contributed by atoms with E-state index < -0.39 is 30.7 Å². The van der Waals surface area contributed by atoms with Crippen LogP contribution in [0.15, 0.2) is 24.3 Å². The van der Waals surface area contributed by atoms with E-state index in [2.05, 4.69) is 10.1 Å². The van der Waals surface area contributed by atoms with Crippen LogP contribution in [0.3, 0.4) is 0 Å². The van der Waals surface area contributed by atoms with Crippen LogP contribution >= 0.6 is 0 Å². The van der Waals surface area contributed by atoms with Gasteiger partial charge in [0.25, 0.3) is 0 Å². The zero-order chi connectivity index (χ0) is 16.8. The van der Waals surface area contributed by atoms with Crippen molar-refractivity contribution in [3.05, 3.63) is 29.8 Å². The van der Waals surface area contributed by atoms with E-state index in [1.165, 1.54) is 14.0 Å². The van der Waals surface area contributed by atoms with Gasteiger partial charge < -0.3 is 14.8 Å². The Morgan fingerprint density at radius 1 is 1.23 bits per heavy atom. The summed E-state index contributed by atoms with van der Waals surface area (Å²) in [6, 6.07) is 6.03. The van der Waals surface area contributed by atoms with Gasteiger partial charge in [-0.25, -0.2) is 4.79 Å². The average Bonchev–Trinajstić information content (AvgIpc) is 2.43. The van der Waals surface area contributed by atoms with Crippen LogP contribution in [0.5, 0.6) is 5.75 Å². The van der Waals surface area contributed by atoms with Crippen LogP contribution in [0.2, 0.25) is 0 Å². The van der Waals surface area contributed by atoms with E-state index >= 15 is 0 Å². The van der Waals surface area contributed by atoms with Gasteiger partial charge >= 0.3 is 12.1 Å². The Labute approximate surface area is 125 Å². The van der Waals surface area contributed by atoms with Crippen LogP contribution in [0.25, 0.3) is 0 Å². The van der Waals surface area contributed by atoms with E-state index in [4.69, 9.17) is 4.74 Å². The number of alkyl halides is 3. The minimum atomic E-state index is -5.05. The van der Waals surface area contributed by atoms with Gasteiger partial charge in [0.1, 0.15) is 12.4 Å². The Bertz CT molecular complexity index is 514. The van der Waals surface area contributed by atoms with Crippen molar-refractivity contribution in [2.75, 3.05) is 13.7 Å². The largest absolute Gasteiger partial charge is 0.497 e. The number of carbonyl (C=O) groups excluding carboxylic acids is 2. The maximum absolute atomic E-state index is 12.1. The molecule has 0 aromatic heterocycles. The molecule has 0 bridgehead atoms. The fourth-order valence-electron chi connectivity index (χ4n) is 1.74. The molecule has 5 nitrogen and oxygen atoms in total. The molecule has 122 valence electrons. The van der Waals surface area contributed by atoms with Crippen molar-refractivity contribution in [2.24, 2.45) is 0 Å². The number of benzene rings is 1. The summed E-state index contributed by atoms with van der Waals surface area (Å²) in [5.74, 6) is -2.08. The first kappa shape index (κ1) is 17.8. The van der Waals surface area contributed by atoms with Crippen molar-refractivity contribution < 1.29 is 32.2 Å². The highest BCUT2D eigenvalue weighted by Gasteiger charge is 2.41. The third-order valence-corrected chi connectivity index (χ3v) is 2.70. The van der Waals surface area contributed by atoms with Crippen LogP contribution in [0.4, 0.5) is 13.2 Å². The van der Waals surface area contributed by atoms with Gasteiger partial charge in [0.05, 0.1) is 13.2 Å². The second-order valence-electron chi connectivity index (χ2n) is 4.55. The van der Waals surface area contributed by atoms with Crippen molar-refractivity contribution in [3.8, 4) is 5.75 Å². The van der Waals surface area contributed by atoms with Gasteiger partial charge in [0, 0.05) is 6.92 Å². The number of ether oxygens (including phenoxy) is 2. The van der Waals surface area contributed by atoms with E-state index in [0.29, 0.717) is 5.75 Å². The summed E-state index contributed by atoms with van der Waals surface area (Å²) in [6.45, 7) is 0.663. The molecule has 0 aliphatic carbocycles. The second-order valence-corrected chi connectivity index (χ2v) is 4.55. The molecule has 22 heavy (non-hydrogen) atoms. The van der Waals surface area contributed by atoms with Gasteiger partial charge in [-0.2, -0.15) is 13.2 Å². The monoisotopic (exact) mass is 319 g/mol. The number of rotatable bonds is 6. The summed E-state index contributed by atoms with van der Waals surface area (Å²) in [5.41, 5.74) is 0.752. The highest BCUT2D eigenvalue weighted by molar-refractivity contribution is 5.76. The van der Waals surface area contributed by atoms with Crippen LogP contribution in [-0.4, -0.2) is 37.8 Å². The van der Waals surface area contributed by atoms with Gasteiger partial charge in [-0.15, -0.1) is 0 Å². The molecule has 1 aromatic rings. The Kier molecular flexibility index (Phi) is 6.21. The number of amides is 1. The quantitative estimate of drug-likeness (QED) is 0.813. The zero-order valence-electron chi connectivity index (χ0n) is 12.1. The minimum Gasteiger partial charge on any atom is -0.497 e. The lowest BCUT2D eigenvalue weighted by atomic mass is 10.1. The summed E-state index contributed by atoms with van der Waals surface area (Å²) in [7, 11) is 1.51. The number of hydrogen-bond acceptors (Lipinski definition) is 4. The molecule has 0 unspecified atom stereocenters. The first-order valence-corrected chi connectivity index (χ1v) is 6.36. The Hall–Kier alpha value is -2.25. The Morgan fingerprint density at radius 3 is 2.27 bits per heavy atom. The number of hydrogen-bond donors (Lipinski definition) is 1. The predicted molar refractivity (Wildman–Crippen MR) is 71.3 cm³/mol. The SMILES string of the molecule is COc1ccc(C[C@H](COC(=O)C(F)(F)F)NC(C)=O)cc1. The van der Waals surface area contributed by atoms with E-state index in [0.717, 1.165) is 5.56 Å². The molecule has 0 aliphatic rings. The maximum atomic E-state index is 12.1. The number of halogens is 3. The molecule has 0 aliphatic heterocycles. The highest BCUT2D eigenvalue weighted by Crippen LogP contribution is 2.17. The topological polar surface area (TPSA) is 64.6 Å². The van der Waals surface area contributed by atoms with Crippen LogP contribution in [0.1, 0.15) is 12.5 Å². The fourth-order valence-corrected chi connectivity index (χ4v) is 1.74. The lowest BCUT2D eigenvalue weighted by Gasteiger charge is -2.18. The number of methoxy groups -OCH3 is 1. The lowest BCUT2D eigenvalue weighted by Crippen LogP contribution is -2.40. The van der Waals surface area contributed by atoms with Gasteiger partial charge in [0.15, 0.2) is 0 Å². The summed E-state index contributed by atoms with van der Waals surface area (Å²) in [4.78, 5) is 21.8. The molecule has 1 aromatic carbocycles. The van der Waals surface area contributed by atoms with E-state index in [1.807, 2.05) is 0 Å². The molecule has 1 rings (SSSR count). The van der Waals surface area contributed by atoms with Crippen molar-refractivity contribution in [1.29, 1.82) is 0 Å². The first-order chi connectivity index (χ1) is 10.2. The summed E-state index contributed by atoms with van der Waals surface area (Å²) in [6.07, 6.45) is -4.84. The molecule has 0 saturated heterocycles. The molecular formula is C14H16F3NO4. The molecule has 0 spiro atoms. The van der Waals surface area contributed by atoms with Gasteiger partial charge in [-0.3, -0.25) is 4.79 Å². The maximum Gasteiger partial charge on any atom is 0.490 e. The first-order valence-electron chi connectivity index (χ1n) is 6.36. The fraction of sp³-hybridized carbons (Fsp3) is 0.429. The van der Waals surface area contributed by atoms with Gasteiger partial charge in [0.2, 0.25) is 5.91 Å². The van der Waals surface area contributed by atoms with Crippen molar-refractivity contribution in [2.45, 2.75) is 25.6 Å². The Balaban J connectivity index is 2.67. The van der Waals surface area contributed by atoms with E-state index in [-0.39, 0.29) is 6.42 Å². The standard InChI is InChI=1S/C14H16F3NO4/c1-9(19)18-11(8-22-13(20)14(15,16)17)7-10-3-5-12(21-2)6-4-10/h3-6,11H,7-8H2,1-2H3,(H,18,19)/t11-/m1/s1. The molecule has 1 atom stereocenters. The lowest BCUT2D eigenvalue weighted by molar-refractivity contribution is -0.200. The average molecular weight is 319 g/mol. The van der Waals surface area contributed by atoms with Crippen LogP contribution < -0.4 is 10.1 Å². The molecular weight excluding hydrogens is 303 g/mol. The van der Waals surface area contributed by atoms with E-state index in [9.17, 15) is 22.8 Å². The van der Waals surface area contributed by atoms with Gasteiger partial charge in [-0.1, -0.05) is 12.1 Å². The molecule has 8 heteroatoms. The van der Waals surface area contributed by atoms with Crippen LogP contribution in [-0.2, 0) is 20.7 Å². The zero-order valence-corrected chi connectivity index (χ0v) is 12.1. The molecule has 0 saturated carbocycles. The third kappa shape index (κ3) is 6.02. The van der Waals surface area contributed by atoms with Crippen molar-refractivity contribution in [3.63, 3.8) is 0 Å². The second kappa shape index (κ2) is 7.67. The predicted octanol–water partition coefficient (Wildman–Crippen LogP) is 1.85. The summed E-state index contributed by atoms with van der Waals surface area (Å²) < 4.78 is 45.5. The highest BCUT2D eigenvalue weighted by atomic mass is 19.4. The number of esters is 1. The van der Waals surface area contributed by atoms with E-state index in [1.54, 1.807) is 24.3 Å². The summed E-state index contributed by atoms with van der Waals surface area (Å²) in [5, 5.41) is 2.45. The molecule has 0 heterocycles. The van der Waals surface area contributed by atoms with Crippen molar-refractivity contribution in [1.82, 2.24) is 5.32 Å². The minimum absolute atomic E-state index is 0.217. The Morgan fingerprint density at radius 2 is 1.82 bits per heavy atom. The van der Waals surface area contributed by atoms with Crippen molar-refractivity contribution >= 4 is 11.9 Å². The molecule has 1 N–H and O–H groups in total. The third-order valence-electron chi connectivity index (χ3n) is 2.70. The molecule has 0 radical (unpaired) electrons. The number of nitrogens with one attached hydrogen (secondary N) is 1. The number of carbonyl (C=O) groups is 2. The molecule has 0 fully saturated rings. The smallest absolute Gasteiger partial charge is 0.490 e.